The molecule has 11 heteroatoms. The van der Waals surface area contributed by atoms with Crippen LogP contribution < -0.4 is 0 Å². The minimum Gasteiger partial charge on any atom is -0.469 e. The lowest BCUT2D eigenvalue weighted by molar-refractivity contribution is -0.222. The van der Waals surface area contributed by atoms with Crippen molar-refractivity contribution in [2.24, 2.45) is 0 Å². The van der Waals surface area contributed by atoms with Gasteiger partial charge in [-0.1, -0.05) is 14.9 Å². The summed E-state index contributed by atoms with van der Waals surface area (Å²) in [6, 6.07) is 8.77. The van der Waals surface area contributed by atoms with Gasteiger partial charge in [0.25, 0.3) is 0 Å². The van der Waals surface area contributed by atoms with E-state index in [1.54, 1.807) is 12.1 Å². The number of methoxy groups -OCH3 is 5. The molecule has 0 N–H and O–H groups in total. The molecule has 0 aliphatic carbocycles. The van der Waals surface area contributed by atoms with Crippen molar-refractivity contribution < 1.29 is 42.1 Å². The molecule has 0 unspecified atom stereocenters. The molecular weight excluding hydrogens is 740 g/mol. The van der Waals surface area contributed by atoms with Crippen molar-refractivity contribution in [2.45, 2.75) is 59.0 Å². The molecule has 222 valence electrons. The van der Waals surface area contributed by atoms with Crippen LogP contribution in [0.3, 0.4) is 0 Å². The van der Waals surface area contributed by atoms with Crippen LogP contribution in [0.5, 0.6) is 0 Å². The summed E-state index contributed by atoms with van der Waals surface area (Å²) in [4.78, 5) is 22.4. The van der Waals surface area contributed by atoms with Gasteiger partial charge < -0.3 is 28.5 Å². The summed E-state index contributed by atoms with van der Waals surface area (Å²) in [6.45, 7) is 1.51. The van der Waals surface area contributed by atoms with Gasteiger partial charge in [-0.2, -0.15) is 0 Å². The lowest BCUT2D eigenvalue weighted by Gasteiger charge is -2.32. The molecule has 0 atom stereocenters. The number of hydrogen-bond donors (Lipinski definition) is 0. The first-order valence-electron chi connectivity index (χ1n) is 11.1. The Morgan fingerprint density at radius 1 is 0.718 bits per heavy atom. The van der Waals surface area contributed by atoms with Gasteiger partial charge in [-0.05, 0) is 88.5 Å². The lowest BCUT2D eigenvalue weighted by atomic mass is 9.99. The number of hydrogen-bond acceptors (Lipinski definition) is 7. The smallest absolute Gasteiger partial charge is 0.305 e. The maximum Gasteiger partial charge on any atom is 0.305 e. The number of carbonyl (C=O) groups excluding carboxylic acids is 2. The monoisotopic (exact) mass is 780 g/mol. The van der Waals surface area contributed by atoms with E-state index in [1.807, 2.05) is 0 Å². The minimum absolute atomic E-state index is 0. The van der Waals surface area contributed by atoms with Crippen LogP contribution in [-0.4, -0.2) is 47.3 Å². The van der Waals surface area contributed by atoms with E-state index in [4.69, 9.17) is 18.9 Å². The summed E-state index contributed by atoms with van der Waals surface area (Å²) in [6.07, 6.45) is 1.03. The van der Waals surface area contributed by atoms with E-state index < -0.39 is 11.6 Å². The van der Waals surface area contributed by atoms with Crippen LogP contribution in [-0.2, 0) is 44.8 Å². The third-order valence-corrected chi connectivity index (χ3v) is 7.57. The topological polar surface area (TPSA) is 80.3 Å². The summed E-state index contributed by atoms with van der Waals surface area (Å²) in [5.74, 6) is -3.31. The van der Waals surface area contributed by atoms with Crippen LogP contribution in [0, 0.1) is 18.8 Å². The Bertz CT molecular complexity index is 1040. The molecule has 0 aliphatic heterocycles. The number of ether oxygens (including phenoxy) is 5. The first-order chi connectivity index (χ1) is 17.4. The van der Waals surface area contributed by atoms with Gasteiger partial charge in [0.15, 0.2) is 11.6 Å². The van der Waals surface area contributed by atoms with Crippen LogP contribution in [0.1, 0.15) is 58.6 Å². The average Bonchev–Trinajstić information content (AvgIpc) is 2.89. The number of ketones is 1. The maximum absolute atomic E-state index is 13.4. The quantitative estimate of drug-likeness (QED) is 0.127. The second kappa shape index (κ2) is 19.0. The van der Waals surface area contributed by atoms with Gasteiger partial charge >= 0.3 is 5.97 Å². The van der Waals surface area contributed by atoms with Gasteiger partial charge in [-0.15, -0.1) is 0 Å². The number of carbonyl (C=O) groups is 2. The Labute approximate surface area is 258 Å². The highest BCUT2D eigenvalue weighted by Gasteiger charge is 2.36. The average molecular weight is 780 g/mol. The van der Waals surface area contributed by atoms with Crippen LogP contribution in [0.15, 0.2) is 36.4 Å². The fraction of sp³-hybridized carbons (Fsp3) is 0.500. The van der Waals surface area contributed by atoms with Gasteiger partial charge in [0.1, 0.15) is 17.4 Å². The second-order valence-electron chi connectivity index (χ2n) is 7.85. The van der Waals surface area contributed by atoms with Crippen LogP contribution in [0.25, 0.3) is 0 Å². The lowest BCUT2D eigenvalue weighted by Crippen LogP contribution is -2.33. The summed E-state index contributed by atoms with van der Waals surface area (Å²) >= 11 is 4.17. The van der Waals surface area contributed by atoms with Crippen molar-refractivity contribution in [3.63, 3.8) is 0 Å². The summed E-state index contributed by atoms with van der Waals surface area (Å²) < 4.78 is 54.6. The molecule has 0 saturated carbocycles. The SMILES string of the molecule is C.C.COC(=O)CCC(OC)(OC)c1cc(F)ccc1I.COC(CCC(C)=O)(OC)c1cc(F)ccc1I. The van der Waals surface area contributed by atoms with E-state index in [-0.39, 0.29) is 51.1 Å². The number of rotatable bonds is 12. The zero-order valence-electron chi connectivity index (χ0n) is 21.7. The minimum atomic E-state index is -1.16. The number of Topliss-reactive ketones (excluding diaryl/α,β-unsaturated/α-hetero) is 1. The van der Waals surface area contributed by atoms with Crippen molar-refractivity contribution >= 4 is 56.9 Å². The van der Waals surface area contributed by atoms with Gasteiger partial charge in [0.05, 0.1) is 13.5 Å². The second-order valence-corrected chi connectivity index (χ2v) is 10.2. The summed E-state index contributed by atoms with van der Waals surface area (Å²) in [7, 11) is 7.22. The first-order valence-corrected chi connectivity index (χ1v) is 13.3. The van der Waals surface area contributed by atoms with Crippen LogP contribution in [0.4, 0.5) is 8.78 Å². The molecule has 0 amide bonds. The molecule has 0 aliphatic rings. The van der Waals surface area contributed by atoms with Gasteiger partial charge in [0, 0.05) is 66.0 Å². The largest absolute Gasteiger partial charge is 0.469 e. The third kappa shape index (κ3) is 11.3. The van der Waals surface area contributed by atoms with Crippen molar-refractivity contribution in [1.82, 2.24) is 0 Å². The van der Waals surface area contributed by atoms with E-state index in [2.05, 4.69) is 49.9 Å². The molecule has 0 bridgehead atoms. The molecular formula is C28H40F2I2O7. The van der Waals surface area contributed by atoms with Crippen molar-refractivity contribution in [1.29, 1.82) is 0 Å². The van der Waals surface area contributed by atoms with Crippen molar-refractivity contribution in [2.75, 3.05) is 35.5 Å². The Hall–Kier alpha value is -1.26. The van der Waals surface area contributed by atoms with Crippen LogP contribution in [0.2, 0.25) is 0 Å². The zero-order chi connectivity index (χ0) is 28.2. The van der Waals surface area contributed by atoms with E-state index in [0.29, 0.717) is 24.0 Å². The third-order valence-electron chi connectivity index (χ3n) is 5.69. The number of halogens is 4. The number of esters is 1. The van der Waals surface area contributed by atoms with E-state index in [1.165, 1.54) is 66.7 Å². The van der Waals surface area contributed by atoms with Gasteiger partial charge in [0.2, 0.25) is 0 Å². The van der Waals surface area contributed by atoms with E-state index >= 15 is 0 Å². The van der Waals surface area contributed by atoms with Crippen molar-refractivity contribution in [3.05, 3.63) is 66.3 Å². The summed E-state index contributed by atoms with van der Waals surface area (Å²) in [5, 5.41) is 0. The molecule has 0 fully saturated rings. The molecule has 0 aromatic heterocycles. The standard InChI is InChI=1S/C13H16FIO4.C13H16FIO3.2CH4/c1-17-12(16)6-7-13(18-2,19-3)10-8-9(14)4-5-11(10)15;1-9(16)6-7-13(17-2,18-3)11-8-10(14)4-5-12(11)15;;/h4-5,8H,6-7H2,1-3H3;4-5,8H,6-7H2,1-3H3;2*1H4. The van der Waals surface area contributed by atoms with E-state index in [9.17, 15) is 18.4 Å². The van der Waals surface area contributed by atoms with E-state index in [0.717, 1.165) is 7.14 Å². The molecule has 0 heterocycles. The molecule has 0 radical (unpaired) electrons. The molecule has 2 aromatic rings. The fourth-order valence-electron chi connectivity index (χ4n) is 3.57. The highest BCUT2D eigenvalue weighted by atomic mass is 127. The van der Waals surface area contributed by atoms with Gasteiger partial charge in [-0.25, -0.2) is 8.78 Å². The summed E-state index contributed by atoms with van der Waals surface area (Å²) in [5.41, 5.74) is 1.16. The van der Waals surface area contributed by atoms with Gasteiger partial charge in [-0.3, -0.25) is 4.79 Å². The molecule has 0 spiro atoms. The molecule has 2 aromatic carbocycles. The van der Waals surface area contributed by atoms with Crippen molar-refractivity contribution in [3.8, 4) is 0 Å². The maximum atomic E-state index is 13.4. The highest BCUT2D eigenvalue weighted by molar-refractivity contribution is 14.1. The predicted octanol–water partition coefficient (Wildman–Crippen LogP) is 7.35. The fourth-order valence-corrected chi connectivity index (χ4v) is 5.06. The highest BCUT2D eigenvalue weighted by Crippen LogP contribution is 2.36. The Morgan fingerprint density at radius 2 is 1.08 bits per heavy atom. The molecule has 39 heavy (non-hydrogen) atoms. The molecule has 0 saturated heterocycles. The zero-order valence-corrected chi connectivity index (χ0v) is 26.0. The molecule has 2 rings (SSSR count). The number of benzene rings is 2. The Kier molecular flexibility index (Phi) is 19.4. The predicted molar refractivity (Wildman–Crippen MR) is 164 cm³/mol. The normalized spacial score (nSPS) is 10.9. The molecule has 7 nitrogen and oxygen atoms in total. The Balaban J connectivity index is 0. The van der Waals surface area contributed by atoms with Crippen LogP contribution >= 0.6 is 45.2 Å². The first kappa shape index (κ1) is 39.9. The Morgan fingerprint density at radius 3 is 1.38 bits per heavy atom.